The smallest absolute Gasteiger partial charge is 0.394 e. The lowest BCUT2D eigenvalue weighted by Gasteiger charge is -2.62. The second kappa shape index (κ2) is 15.4. The molecule has 2 unspecified atom stereocenters. The van der Waals surface area contributed by atoms with Crippen LogP contribution in [-0.2, 0) is 29.6 Å². The van der Waals surface area contributed by atoms with Crippen molar-refractivity contribution in [2.24, 2.45) is 68.6 Å². The Morgan fingerprint density at radius 1 is 0.683 bits per heavy atom. The molecule has 16 nitrogen and oxygen atoms in total. The van der Waals surface area contributed by atoms with Crippen molar-refractivity contribution in [3.8, 4) is 0 Å². The molecule has 8 rings (SSSR count). The average Bonchev–Trinajstić information content (AvgIpc) is 3.51. The Morgan fingerprint density at radius 3 is 1.27 bits per heavy atom. The van der Waals surface area contributed by atoms with E-state index in [0.29, 0.717) is 49.7 Å². The van der Waals surface area contributed by atoms with Gasteiger partial charge in [0.15, 0.2) is 22.9 Å². The van der Waals surface area contributed by atoms with E-state index in [2.05, 4.69) is 0 Å². The van der Waals surface area contributed by atoms with Gasteiger partial charge >= 0.3 is 10.4 Å². The number of halogens is 2. The number of allylic oxidation sites excluding steroid dienone is 6. The Kier molecular flexibility index (Phi) is 12.0. The molecule has 0 spiro atoms. The summed E-state index contributed by atoms with van der Waals surface area (Å²) in [6, 6.07) is 0. The van der Waals surface area contributed by atoms with Gasteiger partial charge in [0.05, 0.1) is 23.6 Å². The molecule has 0 aliphatic heterocycles. The third-order valence-corrected chi connectivity index (χ3v) is 17.9. The van der Waals surface area contributed by atoms with Crippen molar-refractivity contribution in [2.45, 2.75) is 128 Å². The molecule has 0 radical (unpaired) electrons. The molecule has 19 heteroatoms. The molecule has 0 aromatic carbocycles. The molecule has 6 saturated carbocycles. The fourth-order valence-corrected chi connectivity index (χ4v) is 14.8. The number of aliphatic hydroxyl groups is 6. The van der Waals surface area contributed by atoms with E-state index in [0.717, 1.165) is 0 Å². The van der Waals surface area contributed by atoms with Gasteiger partial charge in [-0.3, -0.25) is 28.3 Å². The minimum atomic E-state index is -4.67. The van der Waals surface area contributed by atoms with Gasteiger partial charge in [-0.15, -0.1) is 0 Å². The summed E-state index contributed by atoms with van der Waals surface area (Å²) in [4.78, 5) is 49.3. The van der Waals surface area contributed by atoms with Crippen LogP contribution in [0.1, 0.15) is 92.9 Å². The lowest BCUT2D eigenvalue weighted by atomic mass is 9.44. The molecule has 0 aromatic heterocycles. The summed E-state index contributed by atoms with van der Waals surface area (Å²) in [5.41, 5.74) is 0.603. The topological polar surface area (TPSA) is 316 Å². The molecule has 6 fully saturated rings. The Balaban J connectivity index is 0.000000190. The number of alkyl halides is 2. The van der Waals surface area contributed by atoms with Crippen LogP contribution in [0.3, 0.4) is 0 Å². The van der Waals surface area contributed by atoms with Gasteiger partial charge in [0.25, 0.3) is 0 Å². The summed E-state index contributed by atoms with van der Waals surface area (Å²) >= 11 is 0. The maximum Gasteiger partial charge on any atom is 0.394 e. The van der Waals surface area contributed by atoms with Crippen LogP contribution in [-0.4, -0.2) is 119 Å². The molecule has 0 bridgehead atoms. The van der Waals surface area contributed by atoms with E-state index in [1.54, 1.807) is 41.5 Å². The van der Waals surface area contributed by atoms with Crippen molar-refractivity contribution in [2.75, 3.05) is 13.2 Å². The van der Waals surface area contributed by atoms with Crippen LogP contribution < -0.4 is 11.5 Å². The summed E-state index contributed by atoms with van der Waals surface area (Å²) in [6.45, 7) is 8.74. The number of Topliss-reactive ketones (excluding diaryl/α,β-unsaturated/α-hetero) is 2. The number of fused-ring (bicyclic) bond motifs is 10. The third-order valence-electron chi connectivity index (χ3n) is 17.9. The predicted octanol–water partition coefficient (Wildman–Crippen LogP) is 1.71. The van der Waals surface area contributed by atoms with Crippen molar-refractivity contribution >= 4 is 33.5 Å². The van der Waals surface area contributed by atoms with Crippen molar-refractivity contribution in [3.63, 3.8) is 0 Å². The molecule has 63 heavy (non-hydrogen) atoms. The van der Waals surface area contributed by atoms with Crippen LogP contribution in [0.25, 0.3) is 0 Å². The molecule has 0 amide bonds. The van der Waals surface area contributed by atoms with Gasteiger partial charge in [-0.05, 0) is 113 Å². The van der Waals surface area contributed by atoms with Crippen molar-refractivity contribution in [1.82, 2.24) is 0 Å². The second-order valence-electron chi connectivity index (χ2n) is 20.4. The number of hydrogen-bond acceptors (Lipinski definition) is 14. The molecule has 16 atom stereocenters. The Morgan fingerprint density at radius 2 is 0.984 bits per heavy atom. The average molecular weight is 913 g/mol. The molecule has 12 N–H and O–H groups in total. The number of aliphatic hydroxyl groups excluding tert-OH is 4. The number of ketones is 4. The van der Waals surface area contributed by atoms with Gasteiger partial charge in [-0.2, -0.15) is 8.42 Å². The van der Waals surface area contributed by atoms with Gasteiger partial charge in [0, 0.05) is 33.5 Å². The zero-order chi connectivity index (χ0) is 47.6. The minimum absolute atomic E-state index is 0.0267. The van der Waals surface area contributed by atoms with E-state index >= 15 is 8.78 Å². The molecular formula is C44H62F2N2O14S. The molecule has 0 heterocycles. The Hall–Kier alpha value is -3.27. The SMILES string of the molecule is C[C@@H]1CC2C3CCC4=CC(=O)C(N)=C[C@]4(C)[C@@]3(F)[C@@H](O)C[C@]2(C)[C@@]1(O)C(=O)CO.C[C@@H]1C[C@H]2[C@@H]3CCC4=CC(=O)C(N)=C[C@]4(C)[C@@]3(F)[C@@H](O)C[C@]2(C)[C@@]1(O)C(=O)CO.O=S(=O)(O)O. The lowest BCUT2D eigenvalue weighted by Crippen LogP contribution is -2.69. The maximum atomic E-state index is 17.0. The maximum absolute atomic E-state index is 17.0. The number of carbonyl (C=O) groups is 4. The monoisotopic (exact) mass is 912 g/mol. The number of rotatable bonds is 4. The molecule has 0 aromatic rings. The predicted molar refractivity (Wildman–Crippen MR) is 220 cm³/mol. The highest BCUT2D eigenvalue weighted by Crippen LogP contribution is 2.72. The van der Waals surface area contributed by atoms with Gasteiger partial charge in [-0.25, -0.2) is 8.78 Å². The number of carbonyl (C=O) groups excluding carboxylic acids is 4. The fraction of sp³-hybridized carbons (Fsp3) is 0.727. The lowest BCUT2D eigenvalue weighted by molar-refractivity contribution is -0.219. The third kappa shape index (κ3) is 6.48. The van der Waals surface area contributed by atoms with Crippen LogP contribution in [0.2, 0.25) is 0 Å². The first-order chi connectivity index (χ1) is 28.7. The van der Waals surface area contributed by atoms with E-state index in [9.17, 15) is 49.8 Å². The van der Waals surface area contributed by atoms with E-state index in [-0.39, 0.29) is 47.6 Å². The molecule has 8 aliphatic carbocycles. The van der Waals surface area contributed by atoms with Crippen molar-refractivity contribution in [1.29, 1.82) is 0 Å². The zero-order valence-electron chi connectivity index (χ0n) is 36.3. The quantitative estimate of drug-likeness (QED) is 0.180. The van der Waals surface area contributed by atoms with Crippen LogP contribution in [0.5, 0.6) is 0 Å². The molecule has 0 saturated heterocycles. The van der Waals surface area contributed by atoms with Crippen LogP contribution >= 0.6 is 0 Å². The van der Waals surface area contributed by atoms with E-state index in [1.807, 2.05) is 0 Å². The first kappa shape index (κ1) is 49.2. The minimum Gasteiger partial charge on any atom is -0.396 e. The first-order valence-corrected chi connectivity index (χ1v) is 22.8. The van der Waals surface area contributed by atoms with Gasteiger partial charge in [0.1, 0.15) is 24.4 Å². The normalized spacial score (nSPS) is 48.3. The second-order valence-corrected chi connectivity index (χ2v) is 21.3. The van der Waals surface area contributed by atoms with E-state index < -0.39 is 115 Å². The molecular weight excluding hydrogens is 851 g/mol. The molecule has 352 valence electrons. The van der Waals surface area contributed by atoms with Gasteiger partial charge < -0.3 is 42.1 Å². The highest BCUT2D eigenvalue weighted by atomic mass is 32.3. The van der Waals surface area contributed by atoms with Crippen LogP contribution in [0.15, 0.2) is 46.8 Å². The Bertz CT molecular complexity index is 2090. The Labute approximate surface area is 365 Å². The van der Waals surface area contributed by atoms with Crippen LogP contribution in [0.4, 0.5) is 8.78 Å². The zero-order valence-corrected chi connectivity index (χ0v) is 37.2. The first-order valence-electron chi connectivity index (χ1n) is 21.4. The van der Waals surface area contributed by atoms with E-state index in [1.165, 1.54) is 24.3 Å². The summed E-state index contributed by atoms with van der Waals surface area (Å²) in [7, 11) is -4.67. The molecule has 8 aliphatic rings. The van der Waals surface area contributed by atoms with Gasteiger partial charge in [0.2, 0.25) is 11.6 Å². The van der Waals surface area contributed by atoms with Gasteiger partial charge in [-0.1, -0.05) is 38.8 Å². The summed E-state index contributed by atoms with van der Waals surface area (Å²) in [6.07, 6.45) is 5.22. The summed E-state index contributed by atoms with van der Waals surface area (Å²) in [5, 5.41) is 64.1. The highest BCUT2D eigenvalue weighted by molar-refractivity contribution is 7.79. The fourth-order valence-electron chi connectivity index (χ4n) is 14.8. The standard InChI is InChI=1S/2C22H30FNO5.H2O4S/c2*1-11-6-14-13-5-4-12-7-16(26)15(24)8-19(12,2)21(13,23)17(27)9-20(14,3)22(11,29)18(28)10-25;1-5(2,3)4/h2*7-8,11,13-14,17,25,27,29H,4-6,9-10,24H2,1-3H3;(H2,1,2,3,4)/t11-,13?,14?,17+,19+,20+,21+,22+;11-,13+,14+,17+,19+,20+,21+,22+;/m11./s1. The van der Waals surface area contributed by atoms with Crippen molar-refractivity contribution in [3.05, 3.63) is 46.8 Å². The van der Waals surface area contributed by atoms with E-state index in [4.69, 9.17) is 29.0 Å². The number of hydrogen-bond donors (Lipinski definition) is 10. The largest absolute Gasteiger partial charge is 0.396 e. The summed E-state index contributed by atoms with van der Waals surface area (Å²) < 4.78 is 65.6. The highest BCUT2D eigenvalue weighted by Gasteiger charge is 2.77. The van der Waals surface area contributed by atoms with Crippen LogP contribution in [0, 0.1) is 57.2 Å². The summed E-state index contributed by atoms with van der Waals surface area (Å²) in [5.74, 6) is -4.90. The number of nitrogens with two attached hydrogens (primary N) is 2. The van der Waals surface area contributed by atoms with Crippen molar-refractivity contribution < 1.29 is 76.1 Å².